The molecule has 0 spiro atoms. The van der Waals surface area contributed by atoms with Crippen LogP contribution in [0.4, 0.5) is 0 Å². The molecule has 0 fully saturated rings. The van der Waals surface area contributed by atoms with Crippen LogP contribution in [0.1, 0.15) is 30.3 Å². The third-order valence-electron chi connectivity index (χ3n) is 2.99. The monoisotopic (exact) mass is 353 g/mol. The maximum absolute atomic E-state index is 4.31. The van der Waals surface area contributed by atoms with Crippen molar-refractivity contribution in [2.45, 2.75) is 33.1 Å². The molecular formula is C15H20BrN3S. The zero-order valence-electron chi connectivity index (χ0n) is 11.9. The topological polar surface area (TPSA) is 37.8 Å². The average Bonchev–Trinajstić information content (AvgIpc) is 2.87. The average molecular weight is 354 g/mol. The third-order valence-corrected chi connectivity index (χ3v) is 4.67. The Hall–Kier alpha value is -0.780. The van der Waals surface area contributed by atoms with E-state index in [0.29, 0.717) is 0 Å². The molecule has 0 unspecified atom stereocenters. The highest BCUT2D eigenvalue weighted by Crippen LogP contribution is 2.31. The predicted octanol–water partition coefficient (Wildman–Crippen LogP) is 4.21. The SMILES string of the molecule is CCCNCCCc1nnc(-c2ccc(C)cc2Br)s1. The molecule has 1 aromatic heterocycles. The van der Waals surface area contributed by atoms with E-state index in [4.69, 9.17) is 0 Å². The van der Waals surface area contributed by atoms with E-state index in [-0.39, 0.29) is 0 Å². The Balaban J connectivity index is 1.95. The van der Waals surface area contributed by atoms with Crippen LogP contribution in [0.25, 0.3) is 10.6 Å². The van der Waals surface area contributed by atoms with Crippen molar-refractivity contribution in [3.63, 3.8) is 0 Å². The first kappa shape index (κ1) is 15.6. The fourth-order valence-electron chi connectivity index (χ4n) is 1.92. The van der Waals surface area contributed by atoms with Crippen LogP contribution in [0.5, 0.6) is 0 Å². The number of hydrogen-bond donors (Lipinski definition) is 1. The van der Waals surface area contributed by atoms with Crippen LogP contribution in [0.15, 0.2) is 22.7 Å². The van der Waals surface area contributed by atoms with Gasteiger partial charge in [0.15, 0.2) is 0 Å². The number of nitrogens with one attached hydrogen (secondary N) is 1. The number of benzene rings is 1. The largest absolute Gasteiger partial charge is 0.317 e. The van der Waals surface area contributed by atoms with E-state index < -0.39 is 0 Å². The van der Waals surface area contributed by atoms with E-state index in [9.17, 15) is 0 Å². The molecule has 0 atom stereocenters. The Labute approximate surface area is 133 Å². The smallest absolute Gasteiger partial charge is 0.148 e. The van der Waals surface area contributed by atoms with E-state index in [2.05, 4.69) is 63.5 Å². The van der Waals surface area contributed by atoms with Gasteiger partial charge >= 0.3 is 0 Å². The summed E-state index contributed by atoms with van der Waals surface area (Å²) >= 11 is 5.29. The minimum absolute atomic E-state index is 0.994. The molecule has 1 aromatic carbocycles. The Kier molecular flexibility index (Phi) is 6.13. The normalized spacial score (nSPS) is 10.9. The van der Waals surface area contributed by atoms with Gasteiger partial charge in [-0.05, 0) is 44.5 Å². The summed E-state index contributed by atoms with van der Waals surface area (Å²) in [6, 6.07) is 6.33. The van der Waals surface area contributed by atoms with Crippen molar-refractivity contribution in [3.05, 3.63) is 33.2 Å². The van der Waals surface area contributed by atoms with Crippen molar-refractivity contribution in [1.29, 1.82) is 0 Å². The molecule has 0 amide bonds. The van der Waals surface area contributed by atoms with E-state index >= 15 is 0 Å². The second-order valence-electron chi connectivity index (χ2n) is 4.84. The number of rotatable bonds is 7. The Morgan fingerprint density at radius 3 is 2.85 bits per heavy atom. The fourth-order valence-corrected chi connectivity index (χ4v) is 3.66. The predicted molar refractivity (Wildman–Crippen MR) is 89.3 cm³/mol. The van der Waals surface area contributed by atoms with Gasteiger partial charge < -0.3 is 5.32 Å². The molecule has 5 heteroatoms. The van der Waals surface area contributed by atoms with Crippen LogP contribution in [-0.4, -0.2) is 23.3 Å². The van der Waals surface area contributed by atoms with Crippen molar-refractivity contribution in [2.75, 3.05) is 13.1 Å². The van der Waals surface area contributed by atoms with Crippen molar-refractivity contribution < 1.29 is 0 Å². The van der Waals surface area contributed by atoms with Gasteiger partial charge in [0.05, 0.1) is 0 Å². The van der Waals surface area contributed by atoms with Gasteiger partial charge in [-0.1, -0.05) is 46.3 Å². The van der Waals surface area contributed by atoms with Crippen LogP contribution >= 0.6 is 27.3 Å². The summed E-state index contributed by atoms with van der Waals surface area (Å²) in [5, 5.41) is 14.1. The van der Waals surface area contributed by atoms with Crippen molar-refractivity contribution >= 4 is 27.3 Å². The molecule has 0 radical (unpaired) electrons. The first-order chi connectivity index (χ1) is 9.70. The first-order valence-electron chi connectivity index (χ1n) is 7.00. The van der Waals surface area contributed by atoms with Crippen molar-refractivity contribution in [3.8, 4) is 10.6 Å². The summed E-state index contributed by atoms with van der Waals surface area (Å²) in [6.45, 7) is 6.42. The van der Waals surface area contributed by atoms with Gasteiger partial charge in [-0.25, -0.2) is 0 Å². The summed E-state index contributed by atoms with van der Waals surface area (Å²) in [5.41, 5.74) is 2.37. The van der Waals surface area contributed by atoms with Crippen molar-refractivity contribution in [1.82, 2.24) is 15.5 Å². The van der Waals surface area contributed by atoms with Crippen LogP contribution in [0.3, 0.4) is 0 Å². The number of halogens is 1. The number of aryl methyl sites for hydroxylation is 2. The van der Waals surface area contributed by atoms with E-state index in [1.165, 1.54) is 12.0 Å². The van der Waals surface area contributed by atoms with Gasteiger partial charge in [0.2, 0.25) is 0 Å². The van der Waals surface area contributed by atoms with Gasteiger partial charge in [0.25, 0.3) is 0 Å². The fraction of sp³-hybridized carbons (Fsp3) is 0.467. The zero-order chi connectivity index (χ0) is 14.4. The molecule has 2 rings (SSSR count). The van der Waals surface area contributed by atoms with Gasteiger partial charge in [-0.2, -0.15) is 0 Å². The maximum Gasteiger partial charge on any atom is 0.148 e. The van der Waals surface area contributed by atoms with E-state index in [1.807, 2.05) is 0 Å². The number of nitrogens with zero attached hydrogens (tertiary/aromatic N) is 2. The quantitative estimate of drug-likeness (QED) is 0.757. The molecule has 0 bridgehead atoms. The summed E-state index contributed by atoms with van der Waals surface area (Å²) in [5.74, 6) is 0. The lowest BCUT2D eigenvalue weighted by Crippen LogP contribution is -2.16. The second-order valence-corrected chi connectivity index (χ2v) is 6.75. The molecule has 0 saturated heterocycles. The molecule has 0 saturated carbocycles. The number of aromatic nitrogens is 2. The molecule has 3 nitrogen and oxygen atoms in total. The van der Waals surface area contributed by atoms with Gasteiger partial charge in [-0.15, -0.1) is 10.2 Å². The maximum atomic E-state index is 4.31. The van der Waals surface area contributed by atoms with E-state index in [0.717, 1.165) is 46.0 Å². The zero-order valence-corrected chi connectivity index (χ0v) is 14.4. The molecule has 0 aliphatic carbocycles. The van der Waals surface area contributed by atoms with Crippen LogP contribution in [0, 0.1) is 6.92 Å². The molecule has 2 aromatic rings. The summed E-state index contributed by atoms with van der Waals surface area (Å²) < 4.78 is 1.09. The molecule has 108 valence electrons. The second kappa shape index (κ2) is 7.86. The summed E-state index contributed by atoms with van der Waals surface area (Å²) in [4.78, 5) is 0. The Morgan fingerprint density at radius 1 is 1.25 bits per heavy atom. The van der Waals surface area contributed by atoms with Gasteiger partial charge in [-0.3, -0.25) is 0 Å². The molecule has 0 aliphatic heterocycles. The lowest BCUT2D eigenvalue weighted by molar-refractivity contribution is 0.637. The molecule has 20 heavy (non-hydrogen) atoms. The van der Waals surface area contributed by atoms with Crippen LogP contribution in [-0.2, 0) is 6.42 Å². The van der Waals surface area contributed by atoms with Crippen LogP contribution in [0.2, 0.25) is 0 Å². The van der Waals surface area contributed by atoms with E-state index in [1.54, 1.807) is 11.3 Å². The Morgan fingerprint density at radius 2 is 2.10 bits per heavy atom. The lowest BCUT2D eigenvalue weighted by Gasteiger charge is -2.01. The minimum atomic E-state index is 0.994. The summed E-state index contributed by atoms with van der Waals surface area (Å²) in [7, 11) is 0. The van der Waals surface area contributed by atoms with Gasteiger partial charge in [0.1, 0.15) is 10.0 Å². The van der Waals surface area contributed by atoms with Crippen molar-refractivity contribution in [2.24, 2.45) is 0 Å². The highest BCUT2D eigenvalue weighted by molar-refractivity contribution is 9.10. The molecule has 0 aliphatic rings. The molecule has 1 heterocycles. The lowest BCUT2D eigenvalue weighted by atomic mass is 10.2. The third kappa shape index (κ3) is 4.36. The summed E-state index contributed by atoms with van der Waals surface area (Å²) in [6.07, 6.45) is 3.30. The van der Waals surface area contributed by atoms with Gasteiger partial charge in [0, 0.05) is 16.5 Å². The Bertz CT molecular complexity index is 554. The van der Waals surface area contributed by atoms with Crippen LogP contribution < -0.4 is 5.32 Å². The highest BCUT2D eigenvalue weighted by atomic mass is 79.9. The number of hydrogen-bond acceptors (Lipinski definition) is 4. The molecule has 1 N–H and O–H groups in total. The molecular weight excluding hydrogens is 334 g/mol. The standard InChI is InChI=1S/C15H20BrN3S/c1-3-8-17-9-4-5-14-18-19-15(20-14)12-7-6-11(2)10-13(12)16/h6-7,10,17H,3-5,8-9H2,1-2H3. The first-order valence-corrected chi connectivity index (χ1v) is 8.61. The minimum Gasteiger partial charge on any atom is -0.317 e. The highest BCUT2D eigenvalue weighted by Gasteiger charge is 2.09.